The molecule has 6 heteroatoms. The van der Waals surface area contributed by atoms with Crippen molar-refractivity contribution in [2.45, 2.75) is 31.3 Å². The van der Waals surface area contributed by atoms with E-state index in [1.54, 1.807) is 24.4 Å². The Morgan fingerprint density at radius 3 is 2.33 bits per heavy atom. The van der Waals surface area contributed by atoms with Gasteiger partial charge in [-0.1, -0.05) is 6.07 Å². The molecule has 1 heterocycles. The average molecular weight is 305 g/mol. The molecular formula is C15H19N3O2S. The van der Waals surface area contributed by atoms with E-state index < -0.39 is 10.0 Å². The molecule has 5 nitrogen and oxygen atoms in total. The van der Waals surface area contributed by atoms with Gasteiger partial charge in [0, 0.05) is 17.9 Å². The fourth-order valence-corrected chi connectivity index (χ4v) is 3.58. The number of hydrogen-bond acceptors (Lipinski definition) is 4. The molecule has 0 unspecified atom stereocenters. The Morgan fingerprint density at radius 2 is 1.81 bits per heavy atom. The monoisotopic (exact) mass is 305 g/mol. The zero-order chi connectivity index (χ0) is 15.5. The highest BCUT2D eigenvalue weighted by Gasteiger charge is 2.27. The third-order valence-electron chi connectivity index (χ3n) is 3.11. The smallest absolute Gasteiger partial charge is 0.243 e. The third-order valence-corrected chi connectivity index (χ3v) is 5.14. The van der Waals surface area contributed by atoms with Crippen LogP contribution in [0.25, 0.3) is 0 Å². The van der Waals surface area contributed by atoms with E-state index in [0.717, 1.165) is 0 Å². The van der Waals surface area contributed by atoms with Crippen molar-refractivity contribution in [1.29, 1.82) is 0 Å². The van der Waals surface area contributed by atoms with E-state index in [2.05, 4.69) is 4.98 Å². The average Bonchev–Trinajstić information content (AvgIpc) is 2.46. The Kier molecular flexibility index (Phi) is 4.59. The highest BCUT2D eigenvalue weighted by molar-refractivity contribution is 7.89. The van der Waals surface area contributed by atoms with Gasteiger partial charge in [-0.25, -0.2) is 8.42 Å². The molecule has 0 aliphatic heterocycles. The van der Waals surface area contributed by atoms with Crippen LogP contribution in [0.1, 0.15) is 19.5 Å². The Hall–Kier alpha value is -1.92. The number of nitrogen functional groups attached to an aromatic ring is 1. The predicted molar refractivity (Wildman–Crippen MR) is 83.0 cm³/mol. The number of aromatic nitrogens is 1. The lowest BCUT2D eigenvalue weighted by atomic mass is 10.3. The maximum atomic E-state index is 12.7. The lowest BCUT2D eigenvalue weighted by molar-refractivity contribution is 0.344. The van der Waals surface area contributed by atoms with Crippen molar-refractivity contribution in [2.75, 3.05) is 5.73 Å². The maximum Gasteiger partial charge on any atom is 0.243 e. The molecule has 0 amide bonds. The molecule has 0 saturated carbocycles. The van der Waals surface area contributed by atoms with Crippen molar-refractivity contribution in [3.63, 3.8) is 0 Å². The van der Waals surface area contributed by atoms with Crippen LogP contribution in [-0.2, 0) is 16.6 Å². The normalized spacial score (nSPS) is 12.0. The topological polar surface area (TPSA) is 76.3 Å². The molecular weight excluding hydrogens is 286 g/mol. The molecule has 1 aromatic carbocycles. The van der Waals surface area contributed by atoms with Gasteiger partial charge >= 0.3 is 0 Å². The zero-order valence-corrected chi connectivity index (χ0v) is 12.9. The molecule has 0 saturated heterocycles. The minimum Gasteiger partial charge on any atom is -0.399 e. The fourth-order valence-electron chi connectivity index (χ4n) is 1.97. The van der Waals surface area contributed by atoms with Crippen LogP contribution in [0.2, 0.25) is 0 Å². The molecule has 21 heavy (non-hydrogen) atoms. The number of benzene rings is 1. The molecule has 2 N–H and O–H groups in total. The summed E-state index contributed by atoms with van der Waals surface area (Å²) in [4.78, 5) is 4.43. The number of nitrogens with two attached hydrogens (primary N) is 1. The van der Waals surface area contributed by atoms with Gasteiger partial charge in [-0.2, -0.15) is 4.31 Å². The summed E-state index contributed by atoms with van der Waals surface area (Å²) in [5, 5.41) is 0. The highest BCUT2D eigenvalue weighted by atomic mass is 32.2. The van der Waals surface area contributed by atoms with Crippen LogP contribution >= 0.6 is 0 Å². The predicted octanol–water partition coefficient (Wildman–Crippen LogP) is 2.26. The van der Waals surface area contributed by atoms with E-state index in [4.69, 9.17) is 5.73 Å². The number of sulfonamides is 1. The minimum atomic E-state index is -3.58. The molecule has 112 valence electrons. The molecule has 0 atom stereocenters. The van der Waals surface area contributed by atoms with Crippen LogP contribution in [0.3, 0.4) is 0 Å². The first-order valence-electron chi connectivity index (χ1n) is 6.68. The Balaban J connectivity index is 2.35. The summed E-state index contributed by atoms with van der Waals surface area (Å²) in [6, 6.07) is 11.5. The third kappa shape index (κ3) is 3.59. The number of hydrogen-bond donors (Lipinski definition) is 1. The van der Waals surface area contributed by atoms with E-state index in [1.807, 2.05) is 26.0 Å². The van der Waals surface area contributed by atoms with Crippen molar-refractivity contribution in [1.82, 2.24) is 9.29 Å². The Bertz CT molecular complexity index is 683. The first kappa shape index (κ1) is 15.5. The standard InChI is InChI=1S/C15H19N3O2S/c1-12(2)18(11-14-5-3-4-10-17-14)21(19,20)15-8-6-13(16)7-9-15/h3-10,12H,11,16H2,1-2H3. The van der Waals surface area contributed by atoms with Gasteiger partial charge in [0.1, 0.15) is 0 Å². The van der Waals surface area contributed by atoms with Crippen molar-refractivity contribution < 1.29 is 8.42 Å². The van der Waals surface area contributed by atoms with Crippen molar-refractivity contribution in [3.8, 4) is 0 Å². The first-order chi connectivity index (χ1) is 9.91. The summed E-state index contributed by atoms with van der Waals surface area (Å²) in [6.07, 6.45) is 1.66. The molecule has 0 spiro atoms. The highest BCUT2D eigenvalue weighted by Crippen LogP contribution is 2.21. The molecule has 0 aliphatic carbocycles. The second kappa shape index (κ2) is 6.24. The van der Waals surface area contributed by atoms with Gasteiger partial charge in [0.25, 0.3) is 0 Å². The largest absolute Gasteiger partial charge is 0.399 e. The molecule has 0 radical (unpaired) electrons. The van der Waals surface area contributed by atoms with Gasteiger partial charge in [0.05, 0.1) is 17.1 Å². The maximum absolute atomic E-state index is 12.7. The molecule has 0 aliphatic rings. The summed E-state index contributed by atoms with van der Waals surface area (Å²) in [5.41, 5.74) is 6.86. The van der Waals surface area contributed by atoms with Crippen molar-refractivity contribution >= 4 is 15.7 Å². The lowest BCUT2D eigenvalue weighted by Crippen LogP contribution is -2.36. The molecule has 0 fully saturated rings. The zero-order valence-electron chi connectivity index (χ0n) is 12.1. The van der Waals surface area contributed by atoms with E-state index >= 15 is 0 Å². The van der Waals surface area contributed by atoms with E-state index in [-0.39, 0.29) is 17.5 Å². The number of rotatable bonds is 5. The molecule has 2 rings (SSSR count). The summed E-state index contributed by atoms with van der Waals surface area (Å²) >= 11 is 0. The van der Waals surface area contributed by atoms with Crippen LogP contribution in [-0.4, -0.2) is 23.7 Å². The summed E-state index contributed by atoms with van der Waals surface area (Å²) in [7, 11) is -3.58. The van der Waals surface area contributed by atoms with Crippen LogP contribution in [0, 0.1) is 0 Å². The second-order valence-electron chi connectivity index (χ2n) is 5.03. The summed E-state index contributed by atoms with van der Waals surface area (Å²) in [5.74, 6) is 0. The summed E-state index contributed by atoms with van der Waals surface area (Å²) < 4.78 is 26.9. The first-order valence-corrected chi connectivity index (χ1v) is 8.12. The van der Waals surface area contributed by atoms with Gasteiger partial charge in [0.15, 0.2) is 0 Å². The van der Waals surface area contributed by atoms with Crippen LogP contribution < -0.4 is 5.73 Å². The van der Waals surface area contributed by atoms with Crippen molar-refractivity contribution in [3.05, 3.63) is 54.4 Å². The van der Waals surface area contributed by atoms with E-state index in [9.17, 15) is 8.42 Å². The van der Waals surface area contributed by atoms with Gasteiger partial charge in [0.2, 0.25) is 10.0 Å². The van der Waals surface area contributed by atoms with Crippen LogP contribution in [0.5, 0.6) is 0 Å². The van der Waals surface area contributed by atoms with E-state index in [1.165, 1.54) is 16.4 Å². The number of anilines is 1. The quantitative estimate of drug-likeness (QED) is 0.860. The van der Waals surface area contributed by atoms with Gasteiger partial charge in [-0.05, 0) is 50.2 Å². The Labute approximate surface area is 125 Å². The molecule has 2 aromatic rings. The lowest BCUT2D eigenvalue weighted by Gasteiger charge is -2.25. The van der Waals surface area contributed by atoms with Crippen molar-refractivity contribution in [2.24, 2.45) is 0 Å². The Morgan fingerprint density at radius 1 is 1.14 bits per heavy atom. The fraction of sp³-hybridized carbons (Fsp3) is 0.267. The minimum absolute atomic E-state index is 0.172. The van der Waals surface area contributed by atoms with Crippen LogP contribution in [0.4, 0.5) is 5.69 Å². The second-order valence-corrected chi connectivity index (χ2v) is 6.92. The number of pyridine rings is 1. The summed E-state index contributed by atoms with van der Waals surface area (Å²) in [6.45, 7) is 3.93. The SMILES string of the molecule is CC(C)N(Cc1ccccn1)S(=O)(=O)c1ccc(N)cc1. The van der Waals surface area contributed by atoms with Gasteiger partial charge in [-0.15, -0.1) is 0 Å². The van der Waals surface area contributed by atoms with Crippen LogP contribution in [0.15, 0.2) is 53.6 Å². The van der Waals surface area contributed by atoms with Gasteiger partial charge < -0.3 is 5.73 Å². The van der Waals surface area contributed by atoms with E-state index in [0.29, 0.717) is 11.4 Å². The number of nitrogens with zero attached hydrogens (tertiary/aromatic N) is 2. The molecule has 0 bridgehead atoms. The molecule has 1 aromatic heterocycles. The van der Waals surface area contributed by atoms with Gasteiger partial charge in [-0.3, -0.25) is 4.98 Å².